The van der Waals surface area contributed by atoms with Gasteiger partial charge >= 0.3 is 0 Å². The van der Waals surface area contributed by atoms with Gasteiger partial charge in [0.15, 0.2) is 17.3 Å². The molecule has 1 fully saturated rings. The number of carbonyl (C=O) groups excluding carboxylic acids is 3. The maximum absolute atomic E-state index is 15.1. The van der Waals surface area contributed by atoms with Crippen molar-refractivity contribution < 1.29 is 14.4 Å². The molecule has 190 valence electrons. The summed E-state index contributed by atoms with van der Waals surface area (Å²) in [6, 6.07) is 36.5. The molecule has 0 saturated carbocycles. The Morgan fingerprint density at radius 2 is 1.05 bits per heavy atom. The van der Waals surface area contributed by atoms with E-state index in [2.05, 4.69) is 17.0 Å². The molecule has 1 aliphatic heterocycles. The lowest BCUT2D eigenvalue weighted by Gasteiger charge is -2.55. The van der Waals surface area contributed by atoms with E-state index in [0.29, 0.717) is 16.7 Å². The van der Waals surface area contributed by atoms with Crippen molar-refractivity contribution in [2.75, 3.05) is 4.90 Å². The molecule has 0 amide bonds. The van der Waals surface area contributed by atoms with E-state index in [9.17, 15) is 9.59 Å². The van der Waals surface area contributed by atoms with E-state index in [4.69, 9.17) is 0 Å². The lowest BCUT2D eigenvalue weighted by molar-refractivity contribution is 0.0439. The highest BCUT2D eigenvalue weighted by molar-refractivity contribution is 6.26. The van der Waals surface area contributed by atoms with Crippen LogP contribution in [0.25, 0.3) is 10.8 Å². The largest absolute Gasteiger partial charge is 0.356 e. The Bertz CT molecular complexity index is 1880. The Labute approximate surface area is 230 Å². The van der Waals surface area contributed by atoms with Gasteiger partial charge in [0.05, 0.1) is 29.3 Å². The van der Waals surface area contributed by atoms with Crippen molar-refractivity contribution in [2.45, 2.75) is 17.5 Å². The van der Waals surface area contributed by atoms with Crippen LogP contribution in [-0.2, 0) is 5.41 Å². The highest BCUT2D eigenvalue weighted by atomic mass is 16.1. The minimum Gasteiger partial charge on any atom is -0.356 e. The van der Waals surface area contributed by atoms with Crippen LogP contribution >= 0.6 is 0 Å². The highest BCUT2D eigenvalue weighted by Gasteiger charge is 2.73. The van der Waals surface area contributed by atoms with Crippen LogP contribution in [0.5, 0.6) is 0 Å². The molecule has 4 atom stereocenters. The van der Waals surface area contributed by atoms with Gasteiger partial charge in [-0.3, -0.25) is 14.4 Å². The van der Waals surface area contributed by atoms with Gasteiger partial charge in [-0.25, -0.2) is 0 Å². The average molecular weight is 518 g/mol. The first-order valence-electron chi connectivity index (χ1n) is 13.8. The van der Waals surface area contributed by atoms with E-state index in [1.807, 2.05) is 103 Å². The topological polar surface area (TPSA) is 54.5 Å². The Hall–Kier alpha value is -4.83. The third-order valence-corrected chi connectivity index (χ3v) is 9.89. The normalized spacial score (nSPS) is 27.2. The summed E-state index contributed by atoms with van der Waals surface area (Å²) < 4.78 is 0. The molecule has 0 aromatic heterocycles. The van der Waals surface area contributed by atoms with Gasteiger partial charge in [0.1, 0.15) is 0 Å². The second kappa shape index (κ2) is 7.42. The first-order valence-corrected chi connectivity index (χ1v) is 13.8. The SMILES string of the molecule is O=C1c2ccccc2C2C1C1(C(=O)c3cccc4cccc1c34)C1C(=O)c3ccccc3C1N2c1ccccc1. The number of carbonyl (C=O) groups is 3. The zero-order chi connectivity index (χ0) is 26.7. The number of fused-ring (bicyclic) bond motifs is 9. The Kier molecular flexibility index (Phi) is 4.09. The van der Waals surface area contributed by atoms with Crippen LogP contribution in [0.4, 0.5) is 5.69 Å². The molecule has 4 aliphatic rings. The van der Waals surface area contributed by atoms with E-state index in [1.165, 1.54) is 0 Å². The number of Topliss-reactive ketones (excluding diaryl/α,β-unsaturated/α-hetero) is 3. The second-order valence-electron chi connectivity index (χ2n) is 11.4. The first-order chi connectivity index (χ1) is 19.6. The summed E-state index contributed by atoms with van der Waals surface area (Å²) in [5, 5.41) is 1.85. The third kappa shape index (κ3) is 2.34. The van der Waals surface area contributed by atoms with Crippen LogP contribution in [0.2, 0.25) is 0 Å². The standard InChI is InChI=1S/C36H23NO3/c38-33-24-16-6-4-14-22(24)31-29(33)36(27-19-9-11-20-10-8-18-26(28(20)27)35(36)40)30-32(37(31)21-12-2-1-3-13-21)23-15-5-7-17-25(23)34(30)39/h1-19,29-32H. The van der Waals surface area contributed by atoms with E-state index in [-0.39, 0.29) is 17.3 Å². The first kappa shape index (κ1) is 22.0. The molecule has 5 aromatic carbocycles. The molecule has 1 heterocycles. The second-order valence-corrected chi connectivity index (χ2v) is 11.4. The molecule has 3 aliphatic carbocycles. The fraction of sp³-hybridized carbons (Fsp3) is 0.139. The molecule has 4 nitrogen and oxygen atoms in total. The Balaban J connectivity index is 1.45. The number of rotatable bonds is 1. The molecule has 0 N–H and O–H groups in total. The van der Waals surface area contributed by atoms with Gasteiger partial charge in [0.2, 0.25) is 0 Å². The summed E-state index contributed by atoms with van der Waals surface area (Å²) in [4.78, 5) is 46.7. The fourth-order valence-corrected chi connectivity index (χ4v) is 8.60. The molecule has 4 unspecified atom stereocenters. The summed E-state index contributed by atoms with van der Waals surface area (Å²) in [6.45, 7) is 0. The molecule has 5 aromatic rings. The van der Waals surface area contributed by atoms with Crippen molar-refractivity contribution >= 4 is 33.8 Å². The van der Waals surface area contributed by atoms with Gasteiger partial charge in [0, 0.05) is 22.4 Å². The van der Waals surface area contributed by atoms with Crippen LogP contribution in [-0.4, -0.2) is 17.3 Å². The number of hydrogen-bond donors (Lipinski definition) is 0. The molecule has 4 heteroatoms. The minimum absolute atomic E-state index is 0.0538. The summed E-state index contributed by atoms with van der Waals surface area (Å²) in [6.07, 6.45) is 0. The van der Waals surface area contributed by atoms with Crippen molar-refractivity contribution in [1.29, 1.82) is 0 Å². The Morgan fingerprint density at radius 3 is 1.68 bits per heavy atom. The highest BCUT2D eigenvalue weighted by Crippen LogP contribution is 2.68. The lowest BCUT2D eigenvalue weighted by Crippen LogP contribution is -2.61. The maximum atomic E-state index is 15.1. The number of ketones is 3. The van der Waals surface area contributed by atoms with Gasteiger partial charge in [0.25, 0.3) is 0 Å². The van der Waals surface area contributed by atoms with Crippen LogP contribution < -0.4 is 4.90 Å². The molecule has 0 bridgehead atoms. The minimum atomic E-state index is -1.31. The van der Waals surface area contributed by atoms with Crippen molar-refractivity contribution in [2.24, 2.45) is 11.8 Å². The third-order valence-electron chi connectivity index (χ3n) is 9.89. The predicted octanol–water partition coefficient (Wildman–Crippen LogP) is 6.90. The van der Waals surface area contributed by atoms with Crippen LogP contribution in [0.3, 0.4) is 0 Å². The number of benzene rings is 5. The smallest absolute Gasteiger partial charge is 0.175 e. The average Bonchev–Trinajstić information content (AvgIpc) is 3.56. The number of para-hydroxylation sites is 1. The number of nitrogens with zero attached hydrogens (tertiary/aromatic N) is 1. The summed E-state index contributed by atoms with van der Waals surface area (Å²) >= 11 is 0. The molecular formula is C36H23NO3. The van der Waals surface area contributed by atoms with Crippen molar-refractivity contribution in [3.63, 3.8) is 0 Å². The van der Waals surface area contributed by atoms with Gasteiger partial charge in [-0.05, 0) is 39.6 Å². The van der Waals surface area contributed by atoms with Gasteiger partial charge in [-0.2, -0.15) is 0 Å². The van der Waals surface area contributed by atoms with Gasteiger partial charge < -0.3 is 4.90 Å². The Morgan fingerprint density at radius 1 is 0.525 bits per heavy atom. The van der Waals surface area contributed by atoms with Gasteiger partial charge in [-0.1, -0.05) is 103 Å². The van der Waals surface area contributed by atoms with Crippen molar-refractivity contribution in [3.8, 4) is 0 Å². The monoisotopic (exact) mass is 517 g/mol. The van der Waals surface area contributed by atoms with E-state index < -0.39 is 29.3 Å². The lowest BCUT2D eigenvalue weighted by atomic mass is 9.54. The summed E-state index contributed by atoms with van der Waals surface area (Å²) in [7, 11) is 0. The molecule has 1 saturated heterocycles. The van der Waals surface area contributed by atoms with Crippen molar-refractivity contribution in [1.82, 2.24) is 0 Å². The van der Waals surface area contributed by atoms with E-state index in [1.54, 1.807) is 0 Å². The van der Waals surface area contributed by atoms with Crippen LogP contribution in [0.15, 0.2) is 115 Å². The van der Waals surface area contributed by atoms with E-state index in [0.717, 1.165) is 33.2 Å². The van der Waals surface area contributed by atoms with Crippen LogP contribution in [0, 0.1) is 11.8 Å². The summed E-state index contributed by atoms with van der Waals surface area (Å²) in [5.41, 5.74) is 4.22. The van der Waals surface area contributed by atoms with Crippen molar-refractivity contribution in [3.05, 3.63) is 149 Å². The molecule has 40 heavy (non-hydrogen) atoms. The zero-order valence-corrected chi connectivity index (χ0v) is 21.5. The van der Waals surface area contributed by atoms with Crippen LogP contribution in [0.1, 0.15) is 59.8 Å². The predicted molar refractivity (Wildman–Crippen MR) is 153 cm³/mol. The van der Waals surface area contributed by atoms with E-state index >= 15 is 4.79 Å². The number of piperidine rings is 1. The molecule has 1 spiro atoms. The molecule has 0 radical (unpaired) electrons. The molecule has 9 rings (SSSR count). The molecular weight excluding hydrogens is 494 g/mol. The maximum Gasteiger partial charge on any atom is 0.175 e. The summed E-state index contributed by atoms with van der Waals surface area (Å²) in [5.74, 6) is -1.69. The zero-order valence-electron chi connectivity index (χ0n) is 21.5. The number of hydrogen-bond acceptors (Lipinski definition) is 4. The van der Waals surface area contributed by atoms with Gasteiger partial charge in [-0.15, -0.1) is 0 Å². The quantitative estimate of drug-likeness (QED) is 0.243. The number of anilines is 1. The fourth-order valence-electron chi connectivity index (χ4n) is 8.60.